The maximum Gasteiger partial charge on any atom is 0.239 e. The normalized spacial score (nSPS) is 24.6. The fourth-order valence-corrected chi connectivity index (χ4v) is 3.33. The third-order valence-corrected chi connectivity index (χ3v) is 4.49. The van der Waals surface area contributed by atoms with Gasteiger partial charge in [0.25, 0.3) is 0 Å². The molecule has 1 saturated carbocycles. The molecule has 0 aromatic rings. The second kappa shape index (κ2) is 7.62. The van der Waals surface area contributed by atoms with Crippen molar-refractivity contribution in [3.8, 4) is 0 Å². The largest absolute Gasteiger partial charge is 0.354 e. The number of carbonyl (C=O) groups is 2. The van der Waals surface area contributed by atoms with E-state index in [1.165, 1.54) is 52.0 Å². The number of hydrogen-bond acceptors (Lipinski definition) is 3. The highest BCUT2D eigenvalue weighted by Gasteiger charge is 2.28. The molecule has 5 heteroatoms. The minimum atomic E-state index is -0.163. The summed E-state index contributed by atoms with van der Waals surface area (Å²) in [6.45, 7) is 4.55. The van der Waals surface area contributed by atoms with Gasteiger partial charge in [0.1, 0.15) is 0 Å². The van der Waals surface area contributed by atoms with Gasteiger partial charge in [-0.3, -0.25) is 9.59 Å². The number of nitrogens with one attached hydrogen (secondary N) is 2. The lowest BCUT2D eigenvalue weighted by atomic mass is 9.94. The van der Waals surface area contributed by atoms with E-state index in [1.54, 1.807) is 0 Å². The molecule has 2 N–H and O–H groups in total. The Balaban J connectivity index is 1.63. The minimum absolute atomic E-state index is 0.0867. The Morgan fingerprint density at radius 3 is 2.55 bits per heavy atom. The van der Waals surface area contributed by atoms with Crippen molar-refractivity contribution >= 4 is 11.8 Å². The molecule has 20 heavy (non-hydrogen) atoms. The number of hydrogen-bond donors (Lipinski definition) is 2. The van der Waals surface area contributed by atoms with Gasteiger partial charge in [0, 0.05) is 26.1 Å². The fraction of sp³-hybridized carbons (Fsp3) is 0.867. The van der Waals surface area contributed by atoms with Gasteiger partial charge in [0.15, 0.2) is 0 Å². The van der Waals surface area contributed by atoms with Crippen molar-refractivity contribution in [1.29, 1.82) is 0 Å². The molecule has 1 aliphatic carbocycles. The second-order valence-electron chi connectivity index (χ2n) is 6.16. The summed E-state index contributed by atoms with van der Waals surface area (Å²) in [5.41, 5.74) is 0. The molecule has 2 rings (SSSR count). The Morgan fingerprint density at radius 2 is 1.85 bits per heavy atom. The van der Waals surface area contributed by atoms with Crippen molar-refractivity contribution in [2.75, 3.05) is 26.2 Å². The third-order valence-electron chi connectivity index (χ3n) is 4.49. The maximum atomic E-state index is 11.5. The molecule has 0 spiro atoms. The molecule has 0 radical (unpaired) electrons. The first-order valence-electron chi connectivity index (χ1n) is 7.90. The summed E-state index contributed by atoms with van der Waals surface area (Å²) in [5, 5.41) is 5.44. The van der Waals surface area contributed by atoms with Crippen molar-refractivity contribution in [2.24, 2.45) is 5.92 Å². The zero-order chi connectivity index (χ0) is 14.4. The van der Waals surface area contributed by atoms with Crippen LogP contribution < -0.4 is 10.6 Å². The van der Waals surface area contributed by atoms with E-state index in [4.69, 9.17) is 0 Å². The Bertz CT molecular complexity index is 340. The number of nitrogens with zero attached hydrogens (tertiary/aromatic N) is 1. The van der Waals surface area contributed by atoms with Crippen LogP contribution in [0.3, 0.4) is 0 Å². The second-order valence-corrected chi connectivity index (χ2v) is 6.16. The molecule has 1 saturated heterocycles. The van der Waals surface area contributed by atoms with Crippen LogP contribution in [0, 0.1) is 5.92 Å². The van der Waals surface area contributed by atoms with E-state index in [9.17, 15) is 9.59 Å². The molecule has 2 fully saturated rings. The summed E-state index contributed by atoms with van der Waals surface area (Å²) in [5.74, 6) is 0.319. The van der Waals surface area contributed by atoms with Crippen molar-refractivity contribution in [1.82, 2.24) is 15.5 Å². The third kappa shape index (κ3) is 4.78. The van der Waals surface area contributed by atoms with Crippen LogP contribution in [0.15, 0.2) is 0 Å². The van der Waals surface area contributed by atoms with Gasteiger partial charge < -0.3 is 15.5 Å². The predicted octanol–water partition coefficient (Wildman–Crippen LogP) is 0.893. The summed E-state index contributed by atoms with van der Waals surface area (Å²) >= 11 is 0. The average Bonchev–Trinajstić information content (AvgIpc) is 2.93. The first kappa shape index (κ1) is 15.3. The highest BCUT2D eigenvalue weighted by atomic mass is 16.2. The lowest BCUT2D eigenvalue weighted by Crippen LogP contribution is -2.39. The average molecular weight is 281 g/mol. The molecule has 1 atom stereocenters. The van der Waals surface area contributed by atoms with E-state index in [-0.39, 0.29) is 18.4 Å². The van der Waals surface area contributed by atoms with Gasteiger partial charge in [0.2, 0.25) is 11.8 Å². The van der Waals surface area contributed by atoms with Crippen molar-refractivity contribution in [3.63, 3.8) is 0 Å². The highest BCUT2D eigenvalue weighted by Crippen LogP contribution is 2.27. The quantitative estimate of drug-likeness (QED) is 0.787. The van der Waals surface area contributed by atoms with Crippen molar-refractivity contribution in [2.45, 2.75) is 51.5 Å². The van der Waals surface area contributed by atoms with Crippen LogP contribution in [0.25, 0.3) is 0 Å². The summed E-state index contributed by atoms with van der Waals surface area (Å²) in [7, 11) is 0. The predicted molar refractivity (Wildman–Crippen MR) is 78.2 cm³/mol. The van der Waals surface area contributed by atoms with Gasteiger partial charge in [-0.2, -0.15) is 0 Å². The fourth-order valence-electron chi connectivity index (χ4n) is 3.33. The van der Waals surface area contributed by atoms with Gasteiger partial charge in [-0.1, -0.05) is 19.3 Å². The minimum Gasteiger partial charge on any atom is -0.354 e. The van der Waals surface area contributed by atoms with E-state index in [0.29, 0.717) is 5.92 Å². The van der Waals surface area contributed by atoms with Gasteiger partial charge >= 0.3 is 0 Å². The van der Waals surface area contributed by atoms with E-state index in [2.05, 4.69) is 15.5 Å². The van der Waals surface area contributed by atoms with Crippen LogP contribution >= 0.6 is 0 Å². The molecule has 0 aromatic heterocycles. The van der Waals surface area contributed by atoms with Crippen molar-refractivity contribution < 1.29 is 9.59 Å². The Kier molecular flexibility index (Phi) is 5.83. The van der Waals surface area contributed by atoms with E-state index in [1.807, 2.05) is 0 Å². The number of carbonyl (C=O) groups excluding carboxylic acids is 2. The molecular weight excluding hydrogens is 254 g/mol. The topological polar surface area (TPSA) is 61.4 Å². The maximum absolute atomic E-state index is 11.5. The molecule has 1 heterocycles. The lowest BCUT2D eigenvalue weighted by Gasteiger charge is -2.31. The molecule has 0 unspecified atom stereocenters. The van der Waals surface area contributed by atoms with E-state index in [0.717, 1.165) is 19.1 Å². The Hall–Kier alpha value is -1.10. The molecule has 114 valence electrons. The summed E-state index contributed by atoms with van der Waals surface area (Å²) in [4.78, 5) is 24.9. The van der Waals surface area contributed by atoms with Gasteiger partial charge in [0.05, 0.1) is 6.54 Å². The molecule has 2 amide bonds. The smallest absolute Gasteiger partial charge is 0.239 e. The number of amides is 2. The first-order chi connectivity index (χ1) is 9.65. The van der Waals surface area contributed by atoms with E-state index >= 15 is 0 Å². The van der Waals surface area contributed by atoms with Crippen molar-refractivity contribution in [3.05, 3.63) is 0 Å². The Labute approximate surface area is 121 Å². The summed E-state index contributed by atoms with van der Waals surface area (Å²) < 4.78 is 0. The standard InChI is InChI=1S/C15H27N3O2/c1-12(19)16-10-15(20)17-9-13-7-8-18(11-13)14-5-3-2-4-6-14/h13-14H,2-11H2,1H3,(H,16,19)(H,17,20)/t13-/m0/s1. The molecule has 2 aliphatic rings. The number of likely N-dealkylation sites (tertiary alicyclic amines) is 1. The number of rotatable bonds is 5. The molecule has 1 aliphatic heterocycles. The van der Waals surface area contributed by atoms with Crippen LogP contribution in [0.4, 0.5) is 0 Å². The van der Waals surface area contributed by atoms with E-state index < -0.39 is 0 Å². The zero-order valence-corrected chi connectivity index (χ0v) is 12.5. The monoisotopic (exact) mass is 281 g/mol. The lowest BCUT2D eigenvalue weighted by molar-refractivity contribution is -0.125. The SMILES string of the molecule is CC(=O)NCC(=O)NC[C@@H]1CCN(C2CCCCC2)C1. The molecule has 0 aromatic carbocycles. The summed E-state index contributed by atoms with van der Waals surface area (Å²) in [6, 6.07) is 0.781. The molecule has 0 bridgehead atoms. The van der Waals surface area contributed by atoms with Gasteiger partial charge in [-0.25, -0.2) is 0 Å². The van der Waals surface area contributed by atoms with Gasteiger partial charge in [-0.05, 0) is 31.7 Å². The first-order valence-corrected chi connectivity index (χ1v) is 7.90. The summed E-state index contributed by atoms with van der Waals surface area (Å²) in [6.07, 6.45) is 8.02. The zero-order valence-electron chi connectivity index (χ0n) is 12.5. The molecule has 5 nitrogen and oxygen atoms in total. The Morgan fingerprint density at radius 1 is 1.10 bits per heavy atom. The van der Waals surface area contributed by atoms with Crippen LogP contribution in [-0.4, -0.2) is 48.9 Å². The van der Waals surface area contributed by atoms with Crippen LogP contribution in [-0.2, 0) is 9.59 Å². The highest BCUT2D eigenvalue weighted by molar-refractivity contribution is 5.83. The molecular formula is C15H27N3O2. The van der Waals surface area contributed by atoms with Crippen LogP contribution in [0.5, 0.6) is 0 Å². The van der Waals surface area contributed by atoms with Crippen LogP contribution in [0.2, 0.25) is 0 Å². The van der Waals surface area contributed by atoms with Gasteiger partial charge in [-0.15, -0.1) is 0 Å². The van der Waals surface area contributed by atoms with Crippen LogP contribution in [0.1, 0.15) is 45.4 Å².